The van der Waals surface area contributed by atoms with Crippen molar-refractivity contribution in [2.24, 2.45) is 16.7 Å². The third-order valence-corrected chi connectivity index (χ3v) is 7.71. The number of rotatable bonds is 12. The lowest BCUT2D eigenvalue weighted by Crippen LogP contribution is -2.43. The minimum Gasteiger partial charge on any atom is -0.488 e. The zero-order valence-electron chi connectivity index (χ0n) is 27.7. The Morgan fingerprint density at radius 3 is 2.05 bits per heavy atom. The van der Waals surface area contributed by atoms with Gasteiger partial charge in [-0.15, -0.1) is 0 Å². The molecule has 1 aromatic heterocycles. The molecule has 4 heteroatoms. The van der Waals surface area contributed by atoms with Gasteiger partial charge in [0.05, 0.1) is 5.92 Å². The lowest BCUT2D eigenvalue weighted by Gasteiger charge is -2.39. The minimum absolute atomic E-state index is 0.0412. The number of fused-ring (bicyclic) bond motifs is 1. The largest absolute Gasteiger partial charge is 0.488 e. The highest BCUT2D eigenvalue weighted by Gasteiger charge is 2.40. The van der Waals surface area contributed by atoms with Crippen molar-refractivity contribution in [3.05, 3.63) is 54.6 Å². The molecule has 0 N–H and O–H groups in total. The first-order chi connectivity index (χ1) is 18.9. The molecule has 2 aromatic carbocycles. The van der Waals surface area contributed by atoms with Crippen LogP contribution in [0.5, 0.6) is 5.75 Å². The van der Waals surface area contributed by atoms with E-state index in [0.717, 1.165) is 18.7 Å². The number of carbonyl (C=O) groups is 1. The average Bonchev–Trinajstić information content (AvgIpc) is 3.19. The van der Waals surface area contributed by atoms with Crippen LogP contribution in [0.25, 0.3) is 22.2 Å². The van der Waals surface area contributed by atoms with Crippen LogP contribution in [0.1, 0.15) is 108 Å². The van der Waals surface area contributed by atoms with E-state index < -0.39 is 11.2 Å². The Morgan fingerprint density at radius 2 is 1.46 bits per heavy atom. The number of nitrogens with zero attached hydrogens (tertiary/aromatic N) is 1. The van der Waals surface area contributed by atoms with E-state index in [9.17, 15) is 4.79 Å². The molecule has 0 radical (unpaired) electrons. The first-order valence-electron chi connectivity index (χ1n) is 15.5. The lowest BCUT2D eigenvalue weighted by molar-refractivity contribution is -0.170. The van der Waals surface area contributed by atoms with Crippen LogP contribution in [-0.2, 0) is 16.1 Å². The zero-order valence-corrected chi connectivity index (χ0v) is 27.7. The van der Waals surface area contributed by atoms with E-state index in [1.54, 1.807) is 0 Å². The molecular formula is C37H55NO3. The van der Waals surface area contributed by atoms with Crippen LogP contribution < -0.4 is 4.74 Å². The van der Waals surface area contributed by atoms with Gasteiger partial charge in [0.2, 0.25) is 0 Å². The maximum atomic E-state index is 13.4. The number of esters is 1. The Balaban J connectivity index is 1.73. The fraction of sp³-hybridized carbons (Fsp3) is 0.595. The van der Waals surface area contributed by atoms with E-state index in [0.29, 0.717) is 6.42 Å². The van der Waals surface area contributed by atoms with Gasteiger partial charge in [-0.1, -0.05) is 79.5 Å². The molecule has 0 aliphatic rings. The summed E-state index contributed by atoms with van der Waals surface area (Å²) >= 11 is 0. The highest BCUT2D eigenvalue weighted by atomic mass is 16.6. The minimum atomic E-state index is -0.665. The van der Waals surface area contributed by atoms with Crippen LogP contribution in [0.4, 0.5) is 0 Å². The summed E-state index contributed by atoms with van der Waals surface area (Å²) in [7, 11) is 0. The second-order valence-corrected chi connectivity index (χ2v) is 15.4. The fourth-order valence-electron chi connectivity index (χ4n) is 6.02. The van der Waals surface area contributed by atoms with Gasteiger partial charge < -0.3 is 14.0 Å². The van der Waals surface area contributed by atoms with E-state index in [-0.39, 0.29) is 22.7 Å². The monoisotopic (exact) mass is 561 g/mol. The molecule has 226 valence electrons. The molecule has 0 spiro atoms. The molecular weight excluding hydrogens is 506 g/mol. The molecule has 1 unspecified atom stereocenters. The van der Waals surface area contributed by atoms with Crippen LogP contribution in [0.3, 0.4) is 0 Å². The number of aryl methyl sites for hydroxylation is 1. The predicted octanol–water partition coefficient (Wildman–Crippen LogP) is 10.5. The molecule has 0 saturated carbocycles. The van der Waals surface area contributed by atoms with Crippen LogP contribution >= 0.6 is 0 Å². The number of hydrogen-bond acceptors (Lipinski definition) is 3. The summed E-state index contributed by atoms with van der Waals surface area (Å²) in [5.74, 6) is 0.526. The summed E-state index contributed by atoms with van der Waals surface area (Å²) in [6, 6.07) is 19.3. The maximum Gasteiger partial charge on any atom is 0.310 e. The Labute approximate surface area is 249 Å². The van der Waals surface area contributed by atoms with Crippen molar-refractivity contribution in [1.29, 1.82) is 0 Å². The number of para-hydroxylation sites is 1. The summed E-state index contributed by atoms with van der Waals surface area (Å²) < 4.78 is 15.1. The second kappa shape index (κ2) is 12.6. The Bertz CT molecular complexity index is 1280. The molecule has 41 heavy (non-hydrogen) atoms. The molecule has 1 heterocycles. The third kappa shape index (κ3) is 9.38. The predicted molar refractivity (Wildman–Crippen MR) is 173 cm³/mol. The summed E-state index contributed by atoms with van der Waals surface area (Å²) in [6.07, 6.45) is 4.97. The molecule has 3 rings (SSSR count). The Kier molecular flexibility index (Phi) is 10.1. The van der Waals surface area contributed by atoms with Crippen molar-refractivity contribution in [3.8, 4) is 17.0 Å². The van der Waals surface area contributed by atoms with Gasteiger partial charge in [-0.3, -0.25) is 4.79 Å². The molecule has 0 aliphatic carbocycles. The Morgan fingerprint density at radius 1 is 0.829 bits per heavy atom. The summed E-state index contributed by atoms with van der Waals surface area (Å²) in [4.78, 5) is 13.4. The number of ether oxygens (including phenoxy) is 2. The third-order valence-electron chi connectivity index (χ3n) is 7.71. The molecule has 1 atom stereocenters. The number of hydrogen-bond donors (Lipinski definition) is 0. The molecule has 0 fully saturated rings. The van der Waals surface area contributed by atoms with E-state index in [2.05, 4.69) is 121 Å². The van der Waals surface area contributed by atoms with Gasteiger partial charge in [0.1, 0.15) is 17.0 Å². The standard InChI is InChI=1S/C37H55NO3/c1-12-13-16-23-38-31-18-15-14-17-28(31)24-32(38)27-19-21-29(22-20-27)40-36(8,9)26-37(10,11)41-33(39)30(35(5,6)7)25-34(2,3)4/h14-15,17-22,24,30H,12-13,16,23,25-26H2,1-11H3. The van der Waals surface area contributed by atoms with E-state index >= 15 is 0 Å². The van der Waals surface area contributed by atoms with Crippen molar-refractivity contribution in [3.63, 3.8) is 0 Å². The first kappa shape index (κ1) is 32.8. The SMILES string of the molecule is CCCCCn1c(-c2ccc(OC(C)(C)CC(C)(C)OC(=O)C(CC(C)(C)C)C(C)(C)C)cc2)cc2ccccc21. The van der Waals surface area contributed by atoms with Crippen LogP contribution in [0.2, 0.25) is 0 Å². The highest BCUT2D eigenvalue weighted by Crippen LogP contribution is 2.39. The molecule has 4 nitrogen and oxygen atoms in total. The molecule has 0 aliphatic heterocycles. The summed E-state index contributed by atoms with van der Waals surface area (Å²) in [6.45, 7) is 24.3. The highest BCUT2D eigenvalue weighted by molar-refractivity contribution is 5.87. The smallest absolute Gasteiger partial charge is 0.310 e. The van der Waals surface area contributed by atoms with Crippen LogP contribution in [0.15, 0.2) is 54.6 Å². The topological polar surface area (TPSA) is 40.5 Å². The quantitative estimate of drug-likeness (QED) is 0.163. The number of benzene rings is 2. The number of carbonyl (C=O) groups excluding carboxylic acids is 1. The van der Waals surface area contributed by atoms with Gasteiger partial charge in [-0.05, 0) is 93.3 Å². The number of aromatic nitrogens is 1. The Hall–Kier alpha value is -2.75. The van der Waals surface area contributed by atoms with Crippen molar-refractivity contribution < 1.29 is 14.3 Å². The molecule has 3 aromatic rings. The van der Waals surface area contributed by atoms with Crippen LogP contribution in [-0.4, -0.2) is 21.7 Å². The zero-order chi connectivity index (χ0) is 30.6. The van der Waals surface area contributed by atoms with Gasteiger partial charge in [-0.25, -0.2) is 0 Å². The van der Waals surface area contributed by atoms with E-state index in [1.165, 1.54) is 41.4 Å². The van der Waals surface area contributed by atoms with Gasteiger partial charge in [0.25, 0.3) is 0 Å². The summed E-state index contributed by atoms with van der Waals surface area (Å²) in [5, 5.41) is 1.27. The van der Waals surface area contributed by atoms with Crippen molar-refractivity contribution in [1.82, 2.24) is 4.57 Å². The number of unbranched alkanes of at least 4 members (excludes halogenated alkanes) is 2. The lowest BCUT2D eigenvalue weighted by atomic mass is 9.72. The van der Waals surface area contributed by atoms with Gasteiger partial charge in [0, 0.05) is 29.6 Å². The average molecular weight is 562 g/mol. The fourth-order valence-corrected chi connectivity index (χ4v) is 6.02. The van der Waals surface area contributed by atoms with Crippen molar-refractivity contribution in [2.75, 3.05) is 0 Å². The van der Waals surface area contributed by atoms with E-state index in [4.69, 9.17) is 9.47 Å². The van der Waals surface area contributed by atoms with Gasteiger partial charge in [-0.2, -0.15) is 0 Å². The maximum absolute atomic E-state index is 13.4. The normalized spacial score (nSPS) is 13.8. The molecule has 0 saturated heterocycles. The molecule has 0 amide bonds. The van der Waals surface area contributed by atoms with Crippen LogP contribution in [0, 0.1) is 16.7 Å². The molecule has 0 bridgehead atoms. The first-order valence-corrected chi connectivity index (χ1v) is 15.5. The summed E-state index contributed by atoms with van der Waals surface area (Å²) in [5.41, 5.74) is 2.39. The van der Waals surface area contributed by atoms with Gasteiger partial charge >= 0.3 is 5.97 Å². The van der Waals surface area contributed by atoms with Crippen molar-refractivity contribution in [2.45, 2.75) is 126 Å². The van der Waals surface area contributed by atoms with E-state index in [1.807, 2.05) is 13.8 Å². The van der Waals surface area contributed by atoms with Crippen molar-refractivity contribution >= 4 is 16.9 Å². The second-order valence-electron chi connectivity index (χ2n) is 15.4. The van der Waals surface area contributed by atoms with Gasteiger partial charge in [0.15, 0.2) is 0 Å².